The van der Waals surface area contributed by atoms with Crippen molar-refractivity contribution in [2.45, 2.75) is 0 Å². The van der Waals surface area contributed by atoms with Crippen molar-refractivity contribution in [2.75, 3.05) is 20.0 Å². The van der Waals surface area contributed by atoms with E-state index in [2.05, 4.69) is 20.5 Å². The zero-order chi connectivity index (χ0) is 18.8. The molecule has 0 unspecified atom stereocenters. The predicted molar refractivity (Wildman–Crippen MR) is 97.6 cm³/mol. The molecule has 0 fully saturated rings. The number of nitrogen functional groups attached to an aromatic ring is 1. The van der Waals surface area contributed by atoms with Crippen molar-refractivity contribution in [3.63, 3.8) is 0 Å². The molecule has 0 aliphatic rings. The summed E-state index contributed by atoms with van der Waals surface area (Å²) in [5.41, 5.74) is 8.00. The first-order valence-electron chi connectivity index (χ1n) is 8.03. The van der Waals surface area contributed by atoms with E-state index >= 15 is 0 Å². The Balaban J connectivity index is 1.66. The maximum Gasteiger partial charge on any atom is 0.282 e. The van der Waals surface area contributed by atoms with Gasteiger partial charge in [-0.05, 0) is 36.4 Å². The number of ether oxygens (including phenoxy) is 2. The van der Waals surface area contributed by atoms with Crippen LogP contribution in [0.15, 0.2) is 53.1 Å². The third-order valence-electron chi connectivity index (χ3n) is 3.98. The van der Waals surface area contributed by atoms with Crippen LogP contribution >= 0.6 is 0 Å². The number of rotatable bonds is 5. The van der Waals surface area contributed by atoms with E-state index in [4.69, 9.17) is 19.7 Å². The van der Waals surface area contributed by atoms with Gasteiger partial charge in [-0.15, -0.1) is 5.10 Å². The van der Waals surface area contributed by atoms with Crippen LogP contribution in [0.4, 0.5) is 5.82 Å². The first kappa shape index (κ1) is 16.6. The molecule has 0 spiro atoms. The van der Waals surface area contributed by atoms with Crippen LogP contribution in [0, 0.1) is 0 Å². The summed E-state index contributed by atoms with van der Waals surface area (Å²) in [7, 11) is 3.20. The topological polar surface area (TPSA) is 114 Å². The molecule has 4 aromatic rings. The smallest absolute Gasteiger partial charge is 0.282 e. The van der Waals surface area contributed by atoms with E-state index in [1.54, 1.807) is 20.3 Å². The van der Waals surface area contributed by atoms with Crippen LogP contribution in [0.2, 0.25) is 0 Å². The average molecular weight is 364 g/mol. The summed E-state index contributed by atoms with van der Waals surface area (Å²) < 4.78 is 17.2. The Kier molecular flexibility index (Phi) is 4.17. The van der Waals surface area contributed by atoms with Gasteiger partial charge >= 0.3 is 0 Å². The van der Waals surface area contributed by atoms with Crippen molar-refractivity contribution in [1.29, 1.82) is 0 Å². The van der Waals surface area contributed by atoms with Crippen LogP contribution in [0.1, 0.15) is 0 Å². The lowest BCUT2D eigenvalue weighted by atomic mass is 10.2. The third kappa shape index (κ3) is 3.06. The largest absolute Gasteiger partial charge is 0.497 e. The number of methoxy groups -OCH3 is 2. The highest BCUT2D eigenvalue weighted by Crippen LogP contribution is 2.27. The molecule has 0 bridgehead atoms. The van der Waals surface area contributed by atoms with Gasteiger partial charge in [0.15, 0.2) is 11.5 Å². The van der Waals surface area contributed by atoms with Gasteiger partial charge in [0, 0.05) is 11.6 Å². The number of nitrogens with two attached hydrogens (primary N) is 1. The Bertz CT molecular complexity index is 1070. The minimum Gasteiger partial charge on any atom is -0.497 e. The fraction of sp³-hybridized carbons (Fsp3) is 0.111. The quantitative estimate of drug-likeness (QED) is 0.575. The Morgan fingerprint density at radius 2 is 1.78 bits per heavy atom. The van der Waals surface area contributed by atoms with Crippen molar-refractivity contribution in [3.05, 3.63) is 48.5 Å². The first-order valence-corrected chi connectivity index (χ1v) is 8.03. The number of nitrogens with zero attached hydrogens (tertiary/aromatic N) is 5. The molecule has 2 aromatic carbocycles. The van der Waals surface area contributed by atoms with Gasteiger partial charge in [0.1, 0.15) is 11.5 Å². The monoisotopic (exact) mass is 364 g/mol. The molecule has 2 N–H and O–H groups in total. The molecule has 0 saturated heterocycles. The van der Waals surface area contributed by atoms with Gasteiger partial charge in [-0.3, -0.25) is 0 Å². The maximum atomic E-state index is 6.20. The number of hydrogen-bond acceptors (Lipinski definition) is 8. The molecule has 136 valence electrons. The predicted octanol–water partition coefficient (Wildman–Crippen LogP) is 2.58. The van der Waals surface area contributed by atoms with E-state index in [0.29, 0.717) is 23.0 Å². The Morgan fingerprint density at radius 1 is 1.00 bits per heavy atom. The van der Waals surface area contributed by atoms with Crippen LogP contribution < -0.4 is 15.2 Å². The highest BCUT2D eigenvalue weighted by Gasteiger charge is 2.20. The summed E-state index contributed by atoms with van der Waals surface area (Å²) in [6.45, 7) is 0. The van der Waals surface area contributed by atoms with Crippen molar-refractivity contribution in [2.24, 2.45) is 0 Å². The average Bonchev–Trinajstić information content (AvgIpc) is 3.35. The number of hydrogen-bond donors (Lipinski definition) is 1. The molecule has 0 saturated carbocycles. The second-order valence-corrected chi connectivity index (χ2v) is 5.59. The van der Waals surface area contributed by atoms with Gasteiger partial charge < -0.3 is 19.7 Å². The zero-order valence-electron chi connectivity index (χ0n) is 14.7. The summed E-state index contributed by atoms with van der Waals surface area (Å²) >= 11 is 0. The maximum absolute atomic E-state index is 6.20. The van der Waals surface area contributed by atoms with Crippen LogP contribution in [0.5, 0.6) is 11.5 Å². The molecule has 4 rings (SSSR count). The van der Waals surface area contributed by atoms with Gasteiger partial charge in [-0.2, -0.15) is 9.67 Å². The van der Waals surface area contributed by atoms with Gasteiger partial charge in [0.2, 0.25) is 5.82 Å². The Morgan fingerprint density at radius 3 is 2.52 bits per heavy atom. The number of aromatic nitrogens is 5. The van der Waals surface area contributed by atoms with Crippen molar-refractivity contribution in [3.8, 4) is 40.2 Å². The number of anilines is 1. The van der Waals surface area contributed by atoms with E-state index in [1.807, 2.05) is 42.5 Å². The molecule has 0 aliphatic carbocycles. The fourth-order valence-electron chi connectivity index (χ4n) is 2.55. The lowest BCUT2D eigenvalue weighted by molar-refractivity contribution is 0.414. The molecule has 0 atom stereocenters. The van der Waals surface area contributed by atoms with E-state index in [-0.39, 0.29) is 11.7 Å². The molecule has 0 amide bonds. The van der Waals surface area contributed by atoms with Gasteiger partial charge in [-0.1, -0.05) is 16.4 Å². The van der Waals surface area contributed by atoms with Crippen molar-refractivity contribution < 1.29 is 14.0 Å². The lowest BCUT2D eigenvalue weighted by Crippen LogP contribution is -2.02. The van der Waals surface area contributed by atoms with Crippen LogP contribution in [0.3, 0.4) is 0 Å². The van der Waals surface area contributed by atoms with E-state index < -0.39 is 0 Å². The molecule has 9 nitrogen and oxygen atoms in total. The zero-order valence-corrected chi connectivity index (χ0v) is 14.7. The van der Waals surface area contributed by atoms with Crippen LogP contribution in [0.25, 0.3) is 28.7 Å². The molecule has 0 radical (unpaired) electrons. The summed E-state index contributed by atoms with van der Waals surface area (Å²) in [5, 5.41) is 12.2. The highest BCUT2D eigenvalue weighted by molar-refractivity contribution is 5.66. The van der Waals surface area contributed by atoms with E-state index in [9.17, 15) is 0 Å². The summed E-state index contributed by atoms with van der Waals surface area (Å²) in [6.07, 6.45) is 0. The number of benzene rings is 2. The normalized spacial score (nSPS) is 10.7. The summed E-state index contributed by atoms with van der Waals surface area (Å²) in [5.74, 6) is 2.32. The second-order valence-electron chi connectivity index (χ2n) is 5.59. The Labute approximate surface area is 154 Å². The molecule has 27 heavy (non-hydrogen) atoms. The fourth-order valence-corrected chi connectivity index (χ4v) is 2.55. The summed E-state index contributed by atoms with van der Waals surface area (Å²) in [4.78, 5) is 4.37. The highest BCUT2D eigenvalue weighted by atomic mass is 16.5. The van der Waals surface area contributed by atoms with Gasteiger partial charge in [0.25, 0.3) is 5.89 Å². The summed E-state index contributed by atoms with van der Waals surface area (Å²) in [6, 6.07) is 14.6. The standard InChI is InChI=1S/C18H16N6O3/c1-25-13-8-6-11(7-9-13)17-20-18(27-22-17)15-16(19)24(23-21-15)12-4-3-5-14(10-12)26-2/h3-10H,19H2,1-2H3. The van der Waals surface area contributed by atoms with E-state index in [1.165, 1.54) is 4.68 Å². The first-order chi connectivity index (χ1) is 13.2. The minimum absolute atomic E-state index is 0.187. The lowest BCUT2D eigenvalue weighted by Gasteiger charge is -2.05. The van der Waals surface area contributed by atoms with Gasteiger partial charge in [0.05, 0.1) is 19.9 Å². The molecular weight excluding hydrogens is 348 g/mol. The van der Waals surface area contributed by atoms with Gasteiger partial charge in [-0.25, -0.2) is 0 Å². The van der Waals surface area contributed by atoms with Crippen molar-refractivity contribution >= 4 is 5.82 Å². The second kappa shape index (κ2) is 6.79. The van der Waals surface area contributed by atoms with Crippen LogP contribution in [-0.2, 0) is 0 Å². The SMILES string of the molecule is COc1ccc(-c2noc(-c3nnn(-c4cccc(OC)c4)c3N)n2)cc1. The third-order valence-corrected chi connectivity index (χ3v) is 3.98. The Hall–Kier alpha value is -3.88. The molecule has 2 heterocycles. The van der Waals surface area contributed by atoms with E-state index in [0.717, 1.165) is 11.3 Å². The molecule has 9 heteroatoms. The molecule has 2 aromatic heterocycles. The van der Waals surface area contributed by atoms with Crippen molar-refractivity contribution in [1.82, 2.24) is 25.1 Å². The minimum atomic E-state index is 0.187. The van der Waals surface area contributed by atoms with Crippen LogP contribution in [-0.4, -0.2) is 39.4 Å². The molecular formula is C18H16N6O3. The molecule has 0 aliphatic heterocycles.